The van der Waals surface area contributed by atoms with Crippen molar-refractivity contribution in [3.8, 4) is 11.5 Å². The normalized spacial score (nSPS) is 10.5. The summed E-state index contributed by atoms with van der Waals surface area (Å²) in [7, 11) is 1.58. The van der Waals surface area contributed by atoms with Gasteiger partial charge < -0.3 is 15.2 Å². The predicted molar refractivity (Wildman–Crippen MR) is 96.3 cm³/mol. The summed E-state index contributed by atoms with van der Waals surface area (Å²) in [5, 5.41) is 4.67. The van der Waals surface area contributed by atoms with Crippen molar-refractivity contribution in [1.29, 1.82) is 0 Å². The first-order valence-corrected chi connectivity index (χ1v) is 7.51. The number of hydrazone groups is 1. The van der Waals surface area contributed by atoms with Gasteiger partial charge in [0, 0.05) is 10.6 Å². The smallest absolute Gasteiger partial charge is 0.184 e. The molecule has 0 saturated carbocycles. The van der Waals surface area contributed by atoms with Crippen LogP contribution < -0.4 is 20.6 Å². The van der Waals surface area contributed by atoms with Crippen LogP contribution in [-0.4, -0.2) is 18.4 Å². The molecular weight excluding hydrogens is 334 g/mol. The molecule has 0 aliphatic rings. The Morgan fingerprint density at radius 2 is 2.09 bits per heavy atom. The van der Waals surface area contributed by atoms with Crippen molar-refractivity contribution in [2.75, 3.05) is 7.11 Å². The van der Waals surface area contributed by atoms with Gasteiger partial charge in [0.1, 0.15) is 6.61 Å². The van der Waals surface area contributed by atoms with Crippen LogP contribution in [0.5, 0.6) is 11.5 Å². The third-order valence-electron chi connectivity index (χ3n) is 2.92. The van der Waals surface area contributed by atoms with Gasteiger partial charge in [-0.05, 0) is 42.0 Å². The van der Waals surface area contributed by atoms with Crippen LogP contribution in [0.15, 0.2) is 47.6 Å². The second-order valence-corrected chi connectivity index (χ2v) is 5.37. The average molecular weight is 350 g/mol. The van der Waals surface area contributed by atoms with Crippen molar-refractivity contribution in [2.45, 2.75) is 6.61 Å². The van der Waals surface area contributed by atoms with Crippen LogP contribution in [0.1, 0.15) is 11.1 Å². The minimum absolute atomic E-state index is 0.105. The number of rotatable bonds is 6. The van der Waals surface area contributed by atoms with Gasteiger partial charge in [-0.25, -0.2) is 0 Å². The van der Waals surface area contributed by atoms with Crippen molar-refractivity contribution in [3.63, 3.8) is 0 Å². The fourth-order valence-corrected chi connectivity index (χ4v) is 2.07. The molecular formula is C16H16ClN3O2S. The van der Waals surface area contributed by atoms with Crippen molar-refractivity contribution >= 4 is 35.1 Å². The Balaban J connectivity index is 2.09. The number of nitrogens with zero attached hydrogens (tertiary/aromatic N) is 1. The van der Waals surface area contributed by atoms with Gasteiger partial charge in [0.05, 0.1) is 13.3 Å². The predicted octanol–water partition coefficient (Wildman–Crippen LogP) is 3.09. The molecule has 0 spiro atoms. The zero-order valence-electron chi connectivity index (χ0n) is 12.5. The van der Waals surface area contributed by atoms with E-state index in [4.69, 9.17) is 26.8 Å². The quantitative estimate of drug-likeness (QED) is 0.476. The number of hydrogen-bond donors (Lipinski definition) is 2. The van der Waals surface area contributed by atoms with Crippen LogP contribution >= 0.6 is 23.8 Å². The number of ether oxygens (including phenoxy) is 2. The second-order valence-electron chi connectivity index (χ2n) is 4.52. The third-order valence-corrected chi connectivity index (χ3v) is 3.38. The highest BCUT2D eigenvalue weighted by Crippen LogP contribution is 2.29. The highest BCUT2D eigenvalue weighted by Gasteiger charge is 2.07. The molecule has 0 atom stereocenters. The molecule has 0 aliphatic heterocycles. The topological polar surface area (TPSA) is 68.9 Å². The zero-order valence-corrected chi connectivity index (χ0v) is 14.0. The molecule has 0 aromatic heterocycles. The van der Waals surface area contributed by atoms with E-state index in [-0.39, 0.29) is 5.11 Å². The molecule has 0 unspecified atom stereocenters. The van der Waals surface area contributed by atoms with Crippen LogP contribution in [0.2, 0.25) is 5.02 Å². The number of nitrogens with two attached hydrogens (primary N) is 1. The lowest BCUT2D eigenvalue weighted by Gasteiger charge is -2.12. The molecule has 5 nitrogen and oxygen atoms in total. The van der Waals surface area contributed by atoms with Gasteiger partial charge in [-0.15, -0.1) is 0 Å². The summed E-state index contributed by atoms with van der Waals surface area (Å²) in [6.07, 6.45) is 1.58. The van der Waals surface area contributed by atoms with E-state index in [0.717, 1.165) is 11.1 Å². The lowest BCUT2D eigenvalue weighted by Crippen LogP contribution is -2.23. The number of thiocarbonyl (C=S) groups is 1. The van der Waals surface area contributed by atoms with Gasteiger partial charge in [-0.1, -0.05) is 29.8 Å². The van der Waals surface area contributed by atoms with Crippen LogP contribution in [0, 0.1) is 0 Å². The summed E-state index contributed by atoms with van der Waals surface area (Å²) in [6.45, 7) is 0.354. The number of nitrogens with one attached hydrogen (secondary N) is 1. The third kappa shape index (κ3) is 5.12. The second kappa shape index (κ2) is 8.36. The van der Waals surface area contributed by atoms with E-state index in [1.54, 1.807) is 25.5 Å². The molecule has 0 bridgehead atoms. The minimum atomic E-state index is 0.105. The first-order valence-electron chi connectivity index (χ1n) is 6.73. The molecule has 0 heterocycles. The summed E-state index contributed by atoms with van der Waals surface area (Å²) in [5.74, 6) is 1.21. The van der Waals surface area contributed by atoms with Crippen LogP contribution in [0.25, 0.3) is 0 Å². The maximum Gasteiger partial charge on any atom is 0.184 e. The summed E-state index contributed by atoms with van der Waals surface area (Å²) in [5.41, 5.74) is 9.51. The largest absolute Gasteiger partial charge is 0.493 e. The molecule has 0 fully saturated rings. The van der Waals surface area contributed by atoms with Gasteiger partial charge in [-0.2, -0.15) is 5.10 Å². The molecule has 0 radical (unpaired) electrons. The summed E-state index contributed by atoms with van der Waals surface area (Å²) < 4.78 is 11.1. The molecule has 2 rings (SSSR count). The molecule has 3 N–H and O–H groups in total. The fraction of sp³-hybridized carbons (Fsp3) is 0.125. The Bertz CT molecular complexity index is 722. The van der Waals surface area contributed by atoms with Crippen LogP contribution in [-0.2, 0) is 6.61 Å². The van der Waals surface area contributed by atoms with Crippen molar-refractivity contribution in [1.82, 2.24) is 5.43 Å². The average Bonchev–Trinajstić information content (AvgIpc) is 2.54. The molecule has 23 heavy (non-hydrogen) atoms. The summed E-state index contributed by atoms with van der Waals surface area (Å²) >= 11 is 10.8. The molecule has 0 aliphatic carbocycles. The monoisotopic (exact) mass is 349 g/mol. The number of methoxy groups -OCH3 is 1. The number of benzene rings is 2. The Labute approximate surface area is 145 Å². The maximum absolute atomic E-state index is 6.12. The van der Waals surface area contributed by atoms with E-state index in [1.807, 2.05) is 30.3 Å². The van der Waals surface area contributed by atoms with E-state index >= 15 is 0 Å². The fourth-order valence-electron chi connectivity index (χ4n) is 1.83. The van der Waals surface area contributed by atoms with Gasteiger partial charge in [0.25, 0.3) is 0 Å². The minimum Gasteiger partial charge on any atom is -0.493 e. The highest BCUT2D eigenvalue weighted by molar-refractivity contribution is 7.80. The molecule has 120 valence electrons. The van der Waals surface area contributed by atoms with Gasteiger partial charge in [0.15, 0.2) is 16.6 Å². The zero-order chi connectivity index (χ0) is 16.7. The van der Waals surface area contributed by atoms with Gasteiger partial charge >= 0.3 is 0 Å². The summed E-state index contributed by atoms with van der Waals surface area (Å²) in [4.78, 5) is 0. The Morgan fingerprint density at radius 3 is 2.78 bits per heavy atom. The molecule has 0 saturated heterocycles. The van der Waals surface area contributed by atoms with Crippen LogP contribution in [0.3, 0.4) is 0 Å². The SMILES string of the molecule is COc1cc(/C=N/NC(N)=S)ccc1OCc1ccccc1Cl. The molecule has 2 aromatic rings. The van der Waals surface area contributed by atoms with E-state index in [2.05, 4.69) is 22.7 Å². The Hall–Kier alpha value is -2.31. The summed E-state index contributed by atoms with van der Waals surface area (Å²) in [6, 6.07) is 13.0. The van der Waals surface area contributed by atoms with Crippen molar-refractivity contribution < 1.29 is 9.47 Å². The molecule has 0 amide bonds. The number of halogens is 1. The lowest BCUT2D eigenvalue weighted by molar-refractivity contribution is 0.284. The molecule has 7 heteroatoms. The van der Waals surface area contributed by atoms with E-state index in [0.29, 0.717) is 23.1 Å². The Kier molecular flexibility index (Phi) is 6.19. The number of hydrogen-bond acceptors (Lipinski definition) is 4. The molecule has 2 aromatic carbocycles. The van der Waals surface area contributed by atoms with Gasteiger partial charge in [-0.3, -0.25) is 5.43 Å². The highest BCUT2D eigenvalue weighted by atomic mass is 35.5. The maximum atomic E-state index is 6.12. The van der Waals surface area contributed by atoms with Crippen molar-refractivity contribution in [3.05, 3.63) is 58.6 Å². The van der Waals surface area contributed by atoms with E-state index in [9.17, 15) is 0 Å². The van der Waals surface area contributed by atoms with Gasteiger partial charge in [0.2, 0.25) is 0 Å². The van der Waals surface area contributed by atoms with Crippen molar-refractivity contribution in [2.24, 2.45) is 10.8 Å². The van der Waals surface area contributed by atoms with Crippen LogP contribution in [0.4, 0.5) is 0 Å². The lowest BCUT2D eigenvalue weighted by atomic mass is 10.2. The Morgan fingerprint density at radius 1 is 1.30 bits per heavy atom. The van der Waals surface area contributed by atoms with E-state index in [1.165, 1.54) is 0 Å². The first-order chi connectivity index (χ1) is 11.1. The first kappa shape index (κ1) is 17.1. The standard InChI is InChI=1S/C16H16ClN3O2S/c1-21-15-8-11(9-19-20-16(18)23)6-7-14(15)22-10-12-4-2-3-5-13(12)17/h2-9H,10H2,1H3,(H3,18,20,23)/b19-9+. The van der Waals surface area contributed by atoms with E-state index < -0.39 is 0 Å².